The first-order valence-electron chi connectivity index (χ1n) is 9.52. The van der Waals surface area contributed by atoms with Crippen LogP contribution in [0.1, 0.15) is 34.1 Å². The first kappa shape index (κ1) is 24.9. The molecule has 0 N–H and O–H groups in total. The Morgan fingerprint density at radius 3 is 2.20 bits per heavy atom. The maximum atomic E-state index is 12.0. The summed E-state index contributed by atoms with van der Waals surface area (Å²) in [4.78, 5) is 12.0. The number of esters is 1. The van der Waals surface area contributed by atoms with Gasteiger partial charge in [0, 0.05) is 19.0 Å². The van der Waals surface area contributed by atoms with Gasteiger partial charge in [0.2, 0.25) is 0 Å². The van der Waals surface area contributed by atoms with Gasteiger partial charge in [-0.25, -0.2) is 0 Å². The summed E-state index contributed by atoms with van der Waals surface area (Å²) in [5.74, 6) is 1.71. The second kappa shape index (κ2) is 13.1. The van der Waals surface area contributed by atoms with Crippen LogP contribution >= 0.6 is 11.8 Å². The van der Waals surface area contributed by atoms with Gasteiger partial charge in [-0.3, -0.25) is 4.79 Å². The summed E-state index contributed by atoms with van der Waals surface area (Å²) in [6.07, 6.45) is 1.08. The minimum atomic E-state index is -2.01. The van der Waals surface area contributed by atoms with Gasteiger partial charge in [0.1, 0.15) is 13.2 Å². The molecule has 25 heavy (non-hydrogen) atoms. The van der Waals surface area contributed by atoms with Crippen molar-refractivity contribution in [2.24, 2.45) is 5.92 Å². The SMILES string of the molecule is CCO[Si](CC)(CCCSCC(C)C(=O)OCC[N+](C)(C)C)OCC. The topological polar surface area (TPSA) is 44.8 Å². The van der Waals surface area contributed by atoms with Crippen molar-refractivity contribution in [1.82, 2.24) is 0 Å². The van der Waals surface area contributed by atoms with Crippen LogP contribution in [0.5, 0.6) is 0 Å². The second-order valence-electron chi connectivity index (χ2n) is 7.39. The number of rotatable bonds is 15. The number of carbonyl (C=O) groups is 1. The van der Waals surface area contributed by atoms with E-state index in [1.54, 1.807) is 0 Å². The summed E-state index contributed by atoms with van der Waals surface area (Å²) in [6.45, 7) is 11.0. The predicted molar refractivity (Wildman–Crippen MR) is 109 cm³/mol. The Bertz CT molecular complexity index is 357. The van der Waals surface area contributed by atoms with Crippen molar-refractivity contribution in [3.63, 3.8) is 0 Å². The lowest BCUT2D eigenvalue weighted by Gasteiger charge is -2.28. The van der Waals surface area contributed by atoms with E-state index in [1.807, 2.05) is 32.5 Å². The molecule has 0 saturated carbocycles. The second-order valence-corrected chi connectivity index (χ2v) is 12.1. The highest BCUT2D eigenvalue weighted by molar-refractivity contribution is 7.99. The van der Waals surface area contributed by atoms with Gasteiger partial charge < -0.3 is 18.1 Å². The maximum Gasteiger partial charge on any atom is 0.337 e. The van der Waals surface area contributed by atoms with E-state index in [4.69, 9.17) is 13.6 Å². The molecule has 0 aliphatic heterocycles. The smallest absolute Gasteiger partial charge is 0.337 e. The molecule has 0 bridgehead atoms. The molecule has 0 rings (SSSR count). The number of hydrogen-bond acceptors (Lipinski definition) is 5. The van der Waals surface area contributed by atoms with Crippen LogP contribution in [0.2, 0.25) is 12.1 Å². The van der Waals surface area contributed by atoms with Gasteiger partial charge in [0.25, 0.3) is 0 Å². The molecule has 7 heteroatoms. The molecule has 0 aromatic heterocycles. The molecule has 1 atom stereocenters. The number of thioether (sulfide) groups is 1. The summed E-state index contributed by atoms with van der Waals surface area (Å²) in [6, 6.07) is 2.02. The van der Waals surface area contributed by atoms with Crippen molar-refractivity contribution in [2.45, 2.75) is 46.2 Å². The molecule has 150 valence electrons. The average molecular weight is 395 g/mol. The van der Waals surface area contributed by atoms with Crippen LogP contribution in [0.25, 0.3) is 0 Å². The van der Waals surface area contributed by atoms with Gasteiger partial charge in [-0.2, -0.15) is 11.8 Å². The normalized spacial score (nSPS) is 13.7. The Morgan fingerprint density at radius 2 is 1.72 bits per heavy atom. The number of nitrogens with zero attached hydrogens (tertiary/aromatic N) is 1. The van der Waals surface area contributed by atoms with Gasteiger partial charge in [-0.05, 0) is 38.1 Å². The highest BCUT2D eigenvalue weighted by Gasteiger charge is 2.34. The molecular weight excluding hydrogens is 354 g/mol. The molecule has 0 amide bonds. The molecule has 5 nitrogen and oxygen atoms in total. The maximum absolute atomic E-state index is 12.0. The van der Waals surface area contributed by atoms with Gasteiger partial charge in [0.05, 0.1) is 27.1 Å². The molecule has 0 aliphatic carbocycles. The van der Waals surface area contributed by atoms with Crippen LogP contribution in [0.15, 0.2) is 0 Å². The zero-order valence-corrected chi connectivity index (χ0v) is 19.2. The molecule has 0 aromatic carbocycles. The van der Waals surface area contributed by atoms with E-state index >= 15 is 0 Å². The van der Waals surface area contributed by atoms with E-state index in [-0.39, 0.29) is 11.9 Å². The Kier molecular flexibility index (Phi) is 13.1. The van der Waals surface area contributed by atoms with Gasteiger partial charge in [0.15, 0.2) is 0 Å². The first-order valence-corrected chi connectivity index (χ1v) is 12.9. The van der Waals surface area contributed by atoms with Crippen molar-refractivity contribution in [3.8, 4) is 0 Å². The minimum Gasteiger partial charge on any atom is -0.459 e. The zero-order chi connectivity index (χ0) is 19.3. The number of likely N-dealkylation sites (N-methyl/N-ethyl adjacent to an activating group) is 1. The first-order chi connectivity index (χ1) is 11.7. The van der Waals surface area contributed by atoms with Crippen LogP contribution in [0, 0.1) is 5.92 Å². The van der Waals surface area contributed by atoms with E-state index in [9.17, 15) is 4.79 Å². The Labute approximate surface area is 160 Å². The quantitative estimate of drug-likeness (QED) is 0.184. The van der Waals surface area contributed by atoms with E-state index in [0.717, 1.165) is 54.3 Å². The Balaban J connectivity index is 4.00. The van der Waals surface area contributed by atoms with Gasteiger partial charge in [-0.15, -0.1) is 0 Å². The van der Waals surface area contributed by atoms with Crippen LogP contribution in [-0.2, 0) is 18.4 Å². The Hall–Kier alpha value is -0.0831. The zero-order valence-electron chi connectivity index (χ0n) is 17.4. The standard InChI is InChI=1S/C18H40NO4SSi/c1-8-22-25(10-3,23-9-2)15-11-14-24-16-17(4)18(20)21-13-12-19(5,6)7/h17H,8-16H2,1-7H3/q+1. The van der Waals surface area contributed by atoms with Gasteiger partial charge >= 0.3 is 14.5 Å². The number of carbonyl (C=O) groups excluding carboxylic acids is 1. The summed E-state index contributed by atoms with van der Waals surface area (Å²) < 4.78 is 18.2. The number of hydrogen-bond donors (Lipinski definition) is 0. The molecule has 0 aromatic rings. The minimum absolute atomic E-state index is 0.0515. The third-order valence-electron chi connectivity index (χ3n) is 3.98. The molecule has 0 radical (unpaired) electrons. The van der Waals surface area contributed by atoms with Crippen molar-refractivity contribution in [2.75, 3.05) is 59.0 Å². The lowest BCUT2D eigenvalue weighted by atomic mass is 10.2. The molecule has 0 saturated heterocycles. The summed E-state index contributed by atoms with van der Waals surface area (Å²) in [5, 5.41) is 0. The van der Waals surface area contributed by atoms with E-state index in [0.29, 0.717) is 6.61 Å². The number of quaternary nitrogens is 1. The van der Waals surface area contributed by atoms with Crippen LogP contribution in [0.3, 0.4) is 0 Å². The lowest BCUT2D eigenvalue weighted by molar-refractivity contribution is -0.870. The fourth-order valence-corrected chi connectivity index (χ4v) is 6.59. The summed E-state index contributed by atoms with van der Waals surface area (Å²) in [7, 11) is 4.27. The van der Waals surface area contributed by atoms with Crippen molar-refractivity contribution >= 4 is 26.3 Å². The molecule has 0 fully saturated rings. The molecule has 1 unspecified atom stereocenters. The van der Waals surface area contributed by atoms with Crippen LogP contribution in [-0.4, -0.2) is 78.0 Å². The fraction of sp³-hybridized carbons (Fsp3) is 0.944. The molecule has 0 heterocycles. The highest BCUT2D eigenvalue weighted by Crippen LogP contribution is 2.23. The third kappa shape index (κ3) is 12.0. The third-order valence-corrected chi connectivity index (χ3v) is 9.11. The largest absolute Gasteiger partial charge is 0.459 e. The van der Waals surface area contributed by atoms with Crippen molar-refractivity contribution in [1.29, 1.82) is 0 Å². The number of ether oxygens (including phenoxy) is 1. The average Bonchev–Trinajstić information content (AvgIpc) is 2.53. The van der Waals surface area contributed by atoms with Crippen LogP contribution in [0.4, 0.5) is 0 Å². The van der Waals surface area contributed by atoms with Crippen molar-refractivity contribution in [3.05, 3.63) is 0 Å². The summed E-state index contributed by atoms with van der Waals surface area (Å²) in [5.41, 5.74) is 0. The van der Waals surface area contributed by atoms with Crippen LogP contribution < -0.4 is 0 Å². The Morgan fingerprint density at radius 1 is 1.12 bits per heavy atom. The lowest BCUT2D eigenvalue weighted by Crippen LogP contribution is -2.41. The molecular formula is C18H40NO4SSi+. The predicted octanol–water partition coefficient (Wildman–Crippen LogP) is 3.53. The van der Waals surface area contributed by atoms with E-state index in [1.165, 1.54) is 0 Å². The molecule has 0 spiro atoms. The van der Waals surface area contributed by atoms with E-state index < -0.39 is 8.56 Å². The fourth-order valence-electron chi connectivity index (χ4n) is 2.43. The van der Waals surface area contributed by atoms with Crippen molar-refractivity contribution < 1.29 is 22.9 Å². The summed E-state index contributed by atoms with van der Waals surface area (Å²) >= 11 is 1.82. The van der Waals surface area contributed by atoms with E-state index in [2.05, 4.69) is 28.1 Å². The monoisotopic (exact) mass is 394 g/mol. The van der Waals surface area contributed by atoms with Gasteiger partial charge in [-0.1, -0.05) is 13.8 Å². The molecule has 0 aliphatic rings. The highest BCUT2D eigenvalue weighted by atomic mass is 32.2.